The topological polar surface area (TPSA) is 116 Å². The van der Waals surface area contributed by atoms with Crippen LogP contribution in [-0.2, 0) is 14.3 Å². The van der Waals surface area contributed by atoms with Gasteiger partial charge >= 0.3 is 5.97 Å². The zero-order valence-corrected chi connectivity index (χ0v) is 18.5. The molecule has 0 atom stereocenters. The van der Waals surface area contributed by atoms with Crippen LogP contribution in [-0.4, -0.2) is 33.2 Å². The van der Waals surface area contributed by atoms with E-state index >= 15 is 0 Å². The van der Waals surface area contributed by atoms with Crippen molar-refractivity contribution in [3.63, 3.8) is 0 Å². The molecule has 2 heterocycles. The third-order valence-electron chi connectivity index (χ3n) is 4.62. The monoisotopic (exact) mass is 474 g/mol. The average Bonchev–Trinajstić information content (AvgIpc) is 3.52. The van der Waals surface area contributed by atoms with E-state index in [4.69, 9.17) is 4.74 Å². The molecular weight excluding hydrogens is 456 g/mol. The number of esters is 1. The van der Waals surface area contributed by atoms with E-state index < -0.39 is 23.4 Å². The van der Waals surface area contributed by atoms with Crippen LogP contribution in [0.4, 0.5) is 11.4 Å². The van der Waals surface area contributed by atoms with E-state index in [9.17, 15) is 19.7 Å². The molecule has 34 heavy (non-hydrogen) atoms. The SMILES string of the molecule is O=C(COC(=O)/C=C\c1cn(-c2ccccc2)nc1-c1cccs1)Nc1ccc([N+](=O)[O-])cc1. The maximum Gasteiger partial charge on any atom is 0.331 e. The highest BCUT2D eigenvalue weighted by molar-refractivity contribution is 7.13. The summed E-state index contributed by atoms with van der Waals surface area (Å²) >= 11 is 1.53. The molecule has 0 fully saturated rings. The molecule has 1 N–H and O–H groups in total. The molecule has 0 aliphatic heterocycles. The Labute approximate surface area is 198 Å². The lowest BCUT2D eigenvalue weighted by molar-refractivity contribution is -0.384. The fourth-order valence-electron chi connectivity index (χ4n) is 3.03. The zero-order valence-electron chi connectivity index (χ0n) is 17.7. The Morgan fingerprint density at radius 2 is 1.85 bits per heavy atom. The third kappa shape index (κ3) is 5.61. The van der Waals surface area contributed by atoms with Crippen LogP contribution in [0.3, 0.4) is 0 Å². The molecule has 0 aliphatic carbocycles. The second-order valence-corrected chi connectivity index (χ2v) is 7.93. The first-order valence-corrected chi connectivity index (χ1v) is 11.0. The van der Waals surface area contributed by atoms with Gasteiger partial charge in [0, 0.05) is 35.7 Å². The van der Waals surface area contributed by atoms with Gasteiger partial charge in [-0.3, -0.25) is 14.9 Å². The summed E-state index contributed by atoms with van der Waals surface area (Å²) in [5, 5.41) is 19.8. The maximum absolute atomic E-state index is 12.2. The molecule has 4 aromatic rings. The molecule has 0 aliphatic rings. The van der Waals surface area contributed by atoms with Crippen LogP contribution in [0.15, 0.2) is 84.4 Å². The number of thiophene rings is 1. The van der Waals surface area contributed by atoms with Crippen molar-refractivity contribution in [1.29, 1.82) is 0 Å². The summed E-state index contributed by atoms with van der Waals surface area (Å²) in [6.45, 7) is -0.499. The van der Waals surface area contributed by atoms with Crippen LogP contribution in [0.25, 0.3) is 22.3 Å². The molecule has 9 nitrogen and oxygen atoms in total. The number of hydrogen-bond acceptors (Lipinski definition) is 7. The van der Waals surface area contributed by atoms with Crippen LogP contribution in [0, 0.1) is 10.1 Å². The standard InChI is InChI=1S/C24H18N4O5S/c29-22(25-18-9-11-20(12-10-18)28(31)32)16-33-23(30)13-8-17-15-27(19-5-2-1-3-6-19)26-24(17)21-7-4-14-34-21/h1-15H,16H2,(H,25,29)/b13-8-. The zero-order chi connectivity index (χ0) is 23.9. The van der Waals surface area contributed by atoms with Crippen molar-refractivity contribution in [1.82, 2.24) is 9.78 Å². The Morgan fingerprint density at radius 3 is 2.53 bits per heavy atom. The van der Waals surface area contributed by atoms with Crippen LogP contribution in [0.1, 0.15) is 5.56 Å². The number of aromatic nitrogens is 2. The minimum absolute atomic E-state index is 0.0907. The number of carbonyl (C=O) groups is 2. The van der Waals surface area contributed by atoms with E-state index in [2.05, 4.69) is 10.4 Å². The van der Waals surface area contributed by atoms with Crippen LogP contribution >= 0.6 is 11.3 Å². The summed E-state index contributed by atoms with van der Waals surface area (Å²) in [7, 11) is 0. The van der Waals surface area contributed by atoms with Crippen molar-refractivity contribution in [3.8, 4) is 16.3 Å². The fourth-order valence-corrected chi connectivity index (χ4v) is 3.76. The molecule has 4 rings (SSSR count). The lowest BCUT2D eigenvalue weighted by atomic mass is 10.2. The van der Waals surface area contributed by atoms with E-state index in [1.54, 1.807) is 10.8 Å². The summed E-state index contributed by atoms with van der Waals surface area (Å²) in [6.07, 6.45) is 4.65. The molecule has 0 unspecified atom stereocenters. The van der Waals surface area contributed by atoms with E-state index in [1.165, 1.54) is 41.7 Å². The number of nitrogens with one attached hydrogen (secondary N) is 1. The van der Waals surface area contributed by atoms with E-state index in [0.29, 0.717) is 5.69 Å². The number of non-ortho nitro benzene ring substituents is 1. The molecule has 170 valence electrons. The van der Waals surface area contributed by atoms with Crippen LogP contribution in [0.5, 0.6) is 0 Å². The van der Waals surface area contributed by atoms with Gasteiger partial charge in [-0.05, 0) is 41.8 Å². The molecule has 0 spiro atoms. The number of rotatable bonds is 8. The lowest BCUT2D eigenvalue weighted by Gasteiger charge is -2.05. The summed E-state index contributed by atoms with van der Waals surface area (Å²) in [5.74, 6) is -1.25. The van der Waals surface area contributed by atoms with E-state index in [-0.39, 0.29) is 5.69 Å². The number of nitrogens with zero attached hydrogens (tertiary/aromatic N) is 3. The Morgan fingerprint density at radius 1 is 1.09 bits per heavy atom. The molecule has 2 aromatic carbocycles. The first-order chi connectivity index (χ1) is 16.5. The molecule has 2 aromatic heterocycles. The van der Waals surface area contributed by atoms with Crippen molar-refractivity contribution in [2.24, 2.45) is 0 Å². The highest BCUT2D eigenvalue weighted by atomic mass is 32.1. The number of benzene rings is 2. The van der Waals surface area contributed by atoms with Gasteiger partial charge in [0.15, 0.2) is 6.61 Å². The quantitative estimate of drug-likeness (QED) is 0.171. The van der Waals surface area contributed by atoms with Gasteiger partial charge in [-0.1, -0.05) is 24.3 Å². The largest absolute Gasteiger partial charge is 0.452 e. The predicted octanol–water partition coefficient (Wildman–Crippen LogP) is 4.70. The van der Waals surface area contributed by atoms with Crippen molar-refractivity contribution >= 4 is 40.7 Å². The van der Waals surface area contributed by atoms with Crippen LogP contribution < -0.4 is 5.32 Å². The first-order valence-electron chi connectivity index (χ1n) is 10.1. The molecule has 0 saturated heterocycles. The highest BCUT2D eigenvalue weighted by Gasteiger charge is 2.13. The minimum atomic E-state index is -0.691. The number of anilines is 1. The fraction of sp³-hybridized carbons (Fsp3) is 0.0417. The number of carbonyl (C=O) groups excluding carboxylic acids is 2. The number of nitro benzene ring substituents is 1. The molecule has 0 radical (unpaired) electrons. The lowest BCUT2D eigenvalue weighted by Crippen LogP contribution is -2.20. The first kappa shape index (κ1) is 22.6. The summed E-state index contributed by atoms with van der Waals surface area (Å²) in [5.41, 5.74) is 2.59. The van der Waals surface area contributed by atoms with Crippen molar-refractivity contribution in [2.75, 3.05) is 11.9 Å². The average molecular weight is 474 g/mol. The number of para-hydroxylation sites is 1. The van der Waals surface area contributed by atoms with Gasteiger partial charge in [-0.15, -0.1) is 11.3 Å². The minimum Gasteiger partial charge on any atom is -0.452 e. The van der Waals surface area contributed by atoms with Crippen molar-refractivity contribution in [3.05, 3.63) is 100 Å². The maximum atomic E-state index is 12.2. The van der Waals surface area contributed by atoms with Gasteiger partial charge in [0.05, 0.1) is 15.5 Å². The number of amides is 1. The smallest absolute Gasteiger partial charge is 0.331 e. The van der Waals surface area contributed by atoms with Crippen molar-refractivity contribution in [2.45, 2.75) is 0 Å². The molecule has 0 saturated carbocycles. The highest BCUT2D eigenvalue weighted by Crippen LogP contribution is 2.28. The second kappa shape index (κ2) is 10.4. The predicted molar refractivity (Wildman–Crippen MR) is 129 cm³/mol. The van der Waals surface area contributed by atoms with Gasteiger partial charge in [-0.2, -0.15) is 5.10 Å². The summed E-state index contributed by atoms with van der Waals surface area (Å²) in [6, 6.07) is 18.8. The van der Waals surface area contributed by atoms with E-state index in [1.807, 2.05) is 54.0 Å². The number of hydrogen-bond donors (Lipinski definition) is 1. The van der Waals surface area contributed by atoms with E-state index in [0.717, 1.165) is 21.8 Å². The summed E-state index contributed by atoms with van der Waals surface area (Å²) in [4.78, 5) is 35.3. The molecular formula is C24H18N4O5S. The van der Waals surface area contributed by atoms with Gasteiger partial charge in [0.1, 0.15) is 5.69 Å². The number of nitro groups is 1. The Kier molecular flexibility index (Phi) is 6.89. The van der Waals surface area contributed by atoms with Gasteiger partial charge in [-0.25, -0.2) is 9.48 Å². The molecule has 10 heteroatoms. The summed E-state index contributed by atoms with van der Waals surface area (Å²) < 4.78 is 6.74. The Hall–Kier alpha value is -4.57. The molecule has 0 bridgehead atoms. The van der Waals surface area contributed by atoms with Gasteiger partial charge < -0.3 is 10.1 Å². The second-order valence-electron chi connectivity index (χ2n) is 6.98. The van der Waals surface area contributed by atoms with Gasteiger partial charge in [0.2, 0.25) is 0 Å². The normalized spacial score (nSPS) is 10.8. The molecule has 1 amide bonds. The number of ether oxygens (including phenoxy) is 1. The van der Waals surface area contributed by atoms with Crippen LogP contribution in [0.2, 0.25) is 0 Å². The third-order valence-corrected chi connectivity index (χ3v) is 5.50. The Balaban J connectivity index is 1.40. The van der Waals surface area contributed by atoms with Crippen molar-refractivity contribution < 1.29 is 19.2 Å². The van der Waals surface area contributed by atoms with Gasteiger partial charge in [0.25, 0.3) is 11.6 Å². The Bertz CT molecular complexity index is 1330.